The lowest BCUT2D eigenvalue weighted by Crippen LogP contribution is -2.38. The molecule has 0 atom stereocenters. The molecule has 1 saturated carbocycles. The van der Waals surface area contributed by atoms with Gasteiger partial charge in [-0.3, -0.25) is 9.59 Å². The maximum Gasteiger partial charge on any atom is 0.256 e. The van der Waals surface area contributed by atoms with E-state index in [0.717, 1.165) is 43.2 Å². The second kappa shape index (κ2) is 6.34. The molecule has 1 heterocycles. The summed E-state index contributed by atoms with van der Waals surface area (Å²) in [4.78, 5) is 28.1. The largest absolute Gasteiger partial charge is 0.360 e. The van der Waals surface area contributed by atoms with E-state index in [2.05, 4.69) is 17.2 Å². The third-order valence-corrected chi connectivity index (χ3v) is 4.57. The third-order valence-electron chi connectivity index (χ3n) is 4.57. The Balaban J connectivity index is 1.92. The van der Waals surface area contributed by atoms with Gasteiger partial charge in [-0.1, -0.05) is 38.3 Å². The van der Waals surface area contributed by atoms with Crippen molar-refractivity contribution in [3.05, 3.63) is 45.7 Å². The number of H-pyrrole nitrogens is 1. The van der Waals surface area contributed by atoms with E-state index in [9.17, 15) is 9.59 Å². The number of aryl methyl sites for hydroxylation is 1. The highest BCUT2D eigenvalue weighted by Crippen LogP contribution is 2.18. The lowest BCUT2D eigenvalue weighted by atomic mass is 9.95. The van der Waals surface area contributed by atoms with Gasteiger partial charge in [-0.2, -0.15) is 0 Å². The SMILES string of the molecule is CCc1cccc2c(=O)c(C(=O)NC3CCCCC3)c[nH]c12. The summed E-state index contributed by atoms with van der Waals surface area (Å²) in [6, 6.07) is 5.86. The fraction of sp³-hybridized carbons (Fsp3) is 0.444. The minimum Gasteiger partial charge on any atom is -0.360 e. The summed E-state index contributed by atoms with van der Waals surface area (Å²) in [6.07, 6.45) is 7.97. The first-order valence-electron chi connectivity index (χ1n) is 8.15. The van der Waals surface area contributed by atoms with Crippen molar-refractivity contribution in [2.45, 2.75) is 51.5 Å². The Morgan fingerprint density at radius 2 is 2.05 bits per heavy atom. The molecule has 1 fully saturated rings. The second-order valence-corrected chi connectivity index (χ2v) is 6.03. The summed E-state index contributed by atoms with van der Waals surface area (Å²) in [6.45, 7) is 2.05. The maximum absolute atomic E-state index is 12.6. The molecule has 2 aromatic rings. The van der Waals surface area contributed by atoms with Crippen molar-refractivity contribution in [2.75, 3.05) is 0 Å². The normalized spacial score (nSPS) is 15.9. The Hall–Kier alpha value is -2.10. The molecule has 0 aliphatic heterocycles. The molecule has 0 radical (unpaired) electrons. The van der Waals surface area contributed by atoms with Gasteiger partial charge < -0.3 is 10.3 Å². The Bertz CT molecular complexity index is 742. The first-order valence-corrected chi connectivity index (χ1v) is 8.15. The second-order valence-electron chi connectivity index (χ2n) is 6.03. The summed E-state index contributed by atoms with van der Waals surface area (Å²) in [5.74, 6) is -0.253. The highest BCUT2D eigenvalue weighted by Gasteiger charge is 2.19. The molecule has 3 rings (SSSR count). The molecule has 2 N–H and O–H groups in total. The maximum atomic E-state index is 12.6. The topological polar surface area (TPSA) is 62.0 Å². The van der Waals surface area contributed by atoms with Crippen LogP contribution in [0.25, 0.3) is 10.9 Å². The molecule has 1 aromatic carbocycles. The van der Waals surface area contributed by atoms with Crippen LogP contribution < -0.4 is 10.7 Å². The van der Waals surface area contributed by atoms with E-state index in [1.165, 1.54) is 6.42 Å². The number of aromatic nitrogens is 1. The van der Waals surface area contributed by atoms with Crippen LogP contribution in [-0.2, 0) is 6.42 Å². The van der Waals surface area contributed by atoms with Crippen LogP contribution in [0.1, 0.15) is 54.9 Å². The van der Waals surface area contributed by atoms with Crippen LogP contribution >= 0.6 is 0 Å². The molecule has 0 saturated heterocycles. The monoisotopic (exact) mass is 298 g/mol. The summed E-state index contributed by atoms with van der Waals surface area (Å²) in [7, 11) is 0. The van der Waals surface area contributed by atoms with E-state index in [1.54, 1.807) is 12.3 Å². The molecule has 4 nitrogen and oxygen atoms in total. The van der Waals surface area contributed by atoms with Crippen LogP contribution in [0.15, 0.2) is 29.2 Å². The molecule has 116 valence electrons. The van der Waals surface area contributed by atoms with E-state index in [4.69, 9.17) is 0 Å². The lowest BCUT2D eigenvalue weighted by Gasteiger charge is -2.22. The van der Waals surface area contributed by atoms with Crippen LogP contribution in [-0.4, -0.2) is 16.9 Å². The molecular formula is C18H22N2O2. The minimum atomic E-state index is -0.253. The number of hydrogen-bond acceptors (Lipinski definition) is 2. The van der Waals surface area contributed by atoms with E-state index in [0.29, 0.717) is 5.39 Å². The van der Waals surface area contributed by atoms with Crippen molar-refractivity contribution >= 4 is 16.8 Å². The first-order chi connectivity index (χ1) is 10.7. The van der Waals surface area contributed by atoms with Gasteiger partial charge in [0.05, 0.1) is 5.52 Å². The zero-order chi connectivity index (χ0) is 15.5. The van der Waals surface area contributed by atoms with E-state index < -0.39 is 0 Å². The van der Waals surface area contributed by atoms with Crippen LogP contribution in [0, 0.1) is 0 Å². The number of aromatic amines is 1. The van der Waals surface area contributed by atoms with E-state index >= 15 is 0 Å². The predicted octanol–water partition coefficient (Wildman–Crippen LogP) is 3.15. The van der Waals surface area contributed by atoms with Gasteiger partial charge in [0.25, 0.3) is 5.91 Å². The molecule has 1 aliphatic carbocycles. The number of fused-ring (bicyclic) bond motifs is 1. The summed E-state index contributed by atoms with van der Waals surface area (Å²) in [5, 5.41) is 3.60. The van der Waals surface area contributed by atoms with Gasteiger partial charge in [0.15, 0.2) is 0 Å². The molecule has 22 heavy (non-hydrogen) atoms. The molecule has 0 spiro atoms. The highest BCUT2D eigenvalue weighted by atomic mass is 16.2. The van der Waals surface area contributed by atoms with Crippen LogP contribution in [0.4, 0.5) is 0 Å². The van der Waals surface area contributed by atoms with E-state index in [1.807, 2.05) is 12.1 Å². The van der Waals surface area contributed by atoms with Crippen molar-refractivity contribution in [3.8, 4) is 0 Å². The van der Waals surface area contributed by atoms with Gasteiger partial charge in [-0.25, -0.2) is 0 Å². The number of amides is 1. The average molecular weight is 298 g/mol. The Morgan fingerprint density at radius 1 is 1.27 bits per heavy atom. The average Bonchev–Trinajstić information content (AvgIpc) is 2.55. The Labute approximate surface area is 129 Å². The smallest absolute Gasteiger partial charge is 0.256 e. The van der Waals surface area contributed by atoms with Gasteiger partial charge >= 0.3 is 0 Å². The molecule has 0 bridgehead atoms. The van der Waals surface area contributed by atoms with Gasteiger partial charge in [0.2, 0.25) is 5.43 Å². The predicted molar refractivity (Wildman–Crippen MR) is 88.3 cm³/mol. The standard InChI is InChI=1S/C18H22N2O2/c1-2-12-7-6-10-14-16(12)19-11-15(17(14)21)18(22)20-13-8-4-3-5-9-13/h6-7,10-11,13H,2-5,8-9H2,1H3,(H,19,21)(H,20,22). The minimum absolute atomic E-state index is 0.183. The van der Waals surface area contributed by atoms with Crippen molar-refractivity contribution < 1.29 is 4.79 Å². The zero-order valence-electron chi connectivity index (χ0n) is 12.9. The lowest BCUT2D eigenvalue weighted by molar-refractivity contribution is 0.0926. The summed E-state index contributed by atoms with van der Waals surface area (Å²) < 4.78 is 0. The Morgan fingerprint density at radius 3 is 2.77 bits per heavy atom. The molecule has 1 amide bonds. The van der Waals surface area contributed by atoms with Gasteiger partial charge in [0, 0.05) is 17.6 Å². The molecule has 0 unspecified atom stereocenters. The number of nitrogens with one attached hydrogen (secondary N) is 2. The van der Waals surface area contributed by atoms with Crippen LogP contribution in [0.2, 0.25) is 0 Å². The quantitative estimate of drug-likeness (QED) is 0.914. The molecular weight excluding hydrogens is 276 g/mol. The highest BCUT2D eigenvalue weighted by molar-refractivity contribution is 5.97. The van der Waals surface area contributed by atoms with Crippen molar-refractivity contribution in [2.24, 2.45) is 0 Å². The number of para-hydroxylation sites is 1. The molecule has 1 aromatic heterocycles. The number of carbonyl (C=O) groups is 1. The van der Waals surface area contributed by atoms with Gasteiger partial charge in [-0.05, 0) is 30.9 Å². The van der Waals surface area contributed by atoms with Gasteiger partial charge in [0.1, 0.15) is 5.56 Å². The number of carbonyl (C=O) groups excluding carboxylic acids is 1. The summed E-state index contributed by atoms with van der Waals surface area (Å²) >= 11 is 0. The number of pyridine rings is 1. The fourth-order valence-corrected chi connectivity index (χ4v) is 3.29. The van der Waals surface area contributed by atoms with E-state index in [-0.39, 0.29) is 22.9 Å². The number of hydrogen-bond donors (Lipinski definition) is 2. The summed E-state index contributed by atoms with van der Waals surface area (Å²) in [5.41, 5.74) is 1.96. The van der Waals surface area contributed by atoms with Crippen molar-refractivity contribution in [1.82, 2.24) is 10.3 Å². The Kier molecular flexibility index (Phi) is 4.27. The van der Waals surface area contributed by atoms with Gasteiger partial charge in [-0.15, -0.1) is 0 Å². The molecule has 4 heteroatoms. The zero-order valence-corrected chi connectivity index (χ0v) is 12.9. The number of benzene rings is 1. The van der Waals surface area contributed by atoms with Crippen LogP contribution in [0.5, 0.6) is 0 Å². The molecule has 1 aliphatic rings. The number of rotatable bonds is 3. The van der Waals surface area contributed by atoms with Crippen molar-refractivity contribution in [3.63, 3.8) is 0 Å². The third kappa shape index (κ3) is 2.78. The first kappa shape index (κ1) is 14.8. The fourth-order valence-electron chi connectivity index (χ4n) is 3.29. The van der Waals surface area contributed by atoms with Crippen LogP contribution in [0.3, 0.4) is 0 Å². The van der Waals surface area contributed by atoms with Crippen molar-refractivity contribution in [1.29, 1.82) is 0 Å².